The first-order chi connectivity index (χ1) is 24.0. The van der Waals surface area contributed by atoms with Crippen molar-refractivity contribution in [2.24, 2.45) is 0 Å². The molecule has 6 atom stereocenters. The molecular formula is C37H62O12S. The summed E-state index contributed by atoms with van der Waals surface area (Å²) in [4.78, 5) is 25.1. The summed E-state index contributed by atoms with van der Waals surface area (Å²) >= 11 is 0. The fraction of sp³-hybridized carbons (Fsp3) is 0.730. The summed E-state index contributed by atoms with van der Waals surface area (Å²) in [7, 11) is -4.60. The molecule has 0 aromatic heterocycles. The average Bonchev–Trinajstić information content (AvgIpc) is 3.07. The van der Waals surface area contributed by atoms with Gasteiger partial charge in [-0.15, -0.1) is 0 Å². The number of rotatable bonds is 28. The molecule has 12 nitrogen and oxygen atoms in total. The monoisotopic (exact) mass is 730 g/mol. The SMILES string of the molecule is CC/C=C/C/C=C/C/C=C/C/C=C/CCCCC(=O)O[C@H](COC(=O)CCCCCCCCC)CO[C@H]1O[C@H](CS(=O)(=O)O)[C@@H](O)C(O)C1O. The Morgan fingerprint density at radius 1 is 0.700 bits per heavy atom. The molecule has 0 bridgehead atoms. The highest BCUT2D eigenvalue weighted by molar-refractivity contribution is 7.85. The van der Waals surface area contributed by atoms with Crippen molar-refractivity contribution in [3.63, 3.8) is 0 Å². The number of ether oxygens (including phenoxy) is 4. The third-order valence-corrected chi connectivity index (χ3v) is 8.67. The number of esters is 2. The number of hydrogen-bond acceptors (Lipinski definition) is 11. The van der Waals surface area contributed by atoms with E-state index in [1.807, 2.05) is 0 Å². The molecule has 0 aliphatic carbocycles. The molecule has 0 aromatic carbocycles. The van der Waals surface area contributed by atoms with Crippen LogP contribution in [0.1, 0.15) is 117 Å². The van der Waals surface area contributed by atoms with Crippen LogP contribution in [0.15, 0.2) is 48.6 Å². The highest BCUT2D eigenvalue weighted by Gasteiger charge is 2.46. The summed E-state index contributed by atoms with van der Waals surface area (Å²) in [5, 5.41) is 30.6. The zero-order valence-electron chi connectivity index (χ0n) is 30.0. The first kappa shape index (κ1) is 45.6. The predicted molar refractivity (Wildman–Crippen MR) is 192 cm³/mol. The largest absolute Gasteiger partial charge is 0.462 e. The van der Waals surface area contributed by atoms with Crippen LogP contribution in [0.4, 0.5) is 0 Å². The van der Waals surface area contributed by atoms with Crippen LogP contribution in [0, 0.1) is 0 Å². The molecule has 2 unspecified atom stereocenters. The van der Waals surface area contributed by atoms with Gasteiger partial charge < -0.3 is 34.3 Å². The van der Waals surface area contributed by atoms with Crippen molar-refractivity contribution < 1.29 is 56.8 Å². The highest BCUT2D eigenvalue weighted by Crippen LogP contribution is 2.23. The molecule has 1 fully saturated rings. The smallest absolute Gasteiger partial charge is 0.306 e. The molecular weight excluding hydrogens is 668 g/mol. The summed E-state index contributed by atoms with van der Waals surface area (Å²) in [6, 6.07) is 0. The predicted octanol–water partition coefficient (Wildman–Crippen LogP) is 5.66. The molecule has 1 saturated heterocycles. The molecule has 0 radical (unpaired) electrons. The number of unbranched alkanes of at least 4 members (excludes halogenated alkanes) is 8. The van der Waals surface area contributed by atoms with Crippen LogP contribution in [-0.4, -0.2) is 96.0 Å². The third kappa shape index (κ3) is 23.2. The fourth-order valence-electron chi connectivity index (χ4n) is 5.08. The summed E-state index contributed by atoms with van der Waals surface area (Å²) < 4.78 is 53.6. The van der Waals surface area contributed by atoms with E-state index in [9.17, 15) is 37.9 Å². The molecule has 1 aliphatic heterocycles. The lowest BCUT2D eigenvalue weighted by atomic mass is 10.00. The molecule has 1 rings (SSSR count). The number of aliphatic hydroxyl groups excluding tert-OH is 3. The first-order valence-corrected chi connectivity index (χ1v) is 19.8. The maximum absolute atomic E-state index is 12.7. The van der Waals surface area contributed by atoms with Gasteiger partial charge in [-0.2, -0.15) is 8.42 Å². The van der Waals surface area contributed by atoms with Gasteiger partial charge in [-0.05, 0) is 51.4 Å². The topological polar surface area (TPSA) is 186 Å². The van der Waals surface area contributed by atoms with E-state index in [0.717, 1.165) is 64.2 Å². The number of aliphatic hydroxyl groups is 3. The Kier molecular flexibility index (Phi) is 25.8. The van der Waals surface area contributed by atoms with Gasteiger partial charge in [0.05, 0.1) is 6.61 Å². The molecule has 0 amide bonds. The third-order valence-electron chi connectivity index (χ3n) is 7.92. The second kappa shape index (κ2) is 28.2. The molecule has 1 aliphatic rings. The van der Waals surface area contributed by atoms with Crippen LogP contribution >= 0.6 is 0 Å². The van der Waals surface area contributed by atoms with Gasteiger partial charge >= 0.3 is 11.9 Å². The molecule has 4 N–H and O–H groups in total. The van der Waals surface area contributed by atoms with Crippen molar-refractivity contribution in [2.75, 3.05) is 19.0 Å². The van der Waals surface area contributed by atoms with Crippen LogP contribution in [0.25, 0.3) is 0 Å². The zero-order valence-corrected chi connectivity index (χ0v) is 30.8. The Balaban J connectivity index is 2.58. The van der Waals surface area contributed by atoms with E-state index in [1.54, 1.807) is 0 Å². The Morgan fingerprint density at radius 2 is 1.26 bits per heavy atom. The highest BCUT2D eigenvalue weighted by atomic mass is 32.2. The van der Waals surface area contributed by atoms with Gasteiger partial charge in [0.1, 0.15) is 36.8 Å². The zero-order chi connectivity index (χ0) is 37.0. The van der Waals surface area contributed by atoms with Gasteiger partial charge in [-0.25, -0.2) is 0 Å². The van der Waals surface area contributed by atoms with Crippen LogP contribution in [0.2, 0.25) is 0 Å². The lowest BCUT2D eigenvalue weighted by Crippen LogP contribution is -2.60. The molecule has 288 valence electrons. The minimum Gasteiger partial charge on any atom is -0.462 e. The number of carbonyl (C=O) groups excluding carboxylic acids is 2. The van der Waals surface area contributed by atoms with Gasteiger partial charge in [0.15, 0.2) is 12.4 Å². The summed E-state index contributed by atoms with van der Waals surface area (Å²) in [6.07, 6.45) is 20.6. The quantitative estimate of drug-likeness (QED) is 0.0336. The average molecular weight is 731 g/mol. The van der Waals surface area contributed by atoms with Crippen molar-refractivity contribution in [2.45, 2.75) is 153 Å². The van der Waals surface area contributed by atoms with Crippen molar-refractivity contribution in [3.05, 3.63) is 48.6 Å². The van der Waals surface area contributed by atoms with Crippen LogP contribution in [-0.2, 0) is 38.7 Å². The fourth-order valence-corrected chi connectivity index (χ4v) is 5.77. The van der Waals surface area contributed by atoms with Crippen LogP contribution in [0.3, 0.4) is 0 Å². The lowest BCUT2D eigenvalue weighted by molar-refractivity contribution is -0.297. The van der Waals surface area contributed by atoms with Gasteiger partial charge in [-0.3, -0.25) is 14.1 Å². The number of carbonyl (C=O) groups is 2. The number of allylic oxidation sites excluding steroid dienone is 8. The molecule has 0 aromatic rings. The summed E-state index contributed by atoms with van der Waals surface area (Å²) in [6.45, 7) is 3.51. The van der Waals surface area contributed by atoms with E-state index in [4.69, 9.17) is 18.9 Å². The Hall–Kier alpha value is -2.39. The lowest BCUT2D eigenvalue weighted by Gasteiger charge is -2.40. The second-order valence-corrected chi connectivity index (χ2v) is 14.0. The van der Waals surface area contributed by atoms with E-state index in [-0.39, 0.29) is 19.4 Å². The van der Waals surface area contributed by atoms with Crippen molar-refractivity contribution in [1.82, 2.24) is 0 Å². The van der Waals surface area contributed by atoms with E-state index in [0.29, 0.717) is 12.8 Å². The molecule has 0 spiro atoms. The van der Waals surface area contributed by atoms with Gasteiger partial charge in [0, 0.05) is 12.8 Å². The van der Waals surface area contributed by atoms with Gasteiger partial charge in [0.25, 0.3) is 10.1 Å². The summed E-state index contributed by atoms with van der Waals surface area (Å²) in [5.41, 5.74) is 0. The Morgan fingerprint density at radius 3 is 1.88 bits per heavy atom. The Labute approximate surface area is 299 Å². The van der Waals surface area contributed by atoms with Crippen LogP contribution < -0.4 is 0 Å². The maximum Gasteiger partial charge on any atom is 0.306 e. The van der Waals surface area contributed by atoms with E-state index < -0.39 is 71.2 Å². The Bertz CT molecular complexity index is 1130. The minimum atomic E-state index is -4.60. The van der Waals surface area contributed by atoms with Crippen molar-refractivity contribution in [3.8, 4) is 0 Å². The molecule has 50 heavy (non-hydrogen) atoms. The number of hydrogen-bond donors (Lipinski definition) is 4. The maximum atomic E-state index is 12.7. The molecule has 1 heterocycles. The molecule has 0 saturated carbocycles. The molecule has 13 heteroatoms. The minimum absolute atomic E-state index is 0.111. The first-order valence-electron chi connectivity index (χ1n) is 18.2. The van der Waals surface area contributed by atoms with Crippen molar-refractivity contribution >= 4 is 22.1 Å². The van der Waals surface area contributed by atoms with Crippen molar-refractivity contribution in [1.29, 1.82) is 0 Å². The van der Waals surface area contributed by atoms with E-state index in [2.05, 4.69) is 62.5 Å². The normalized spacial score (nSPS) is 22.2. The van der Waals surface area contributed by atoms with Crippen LogP contribution in [0.5, 0.6) is 0 Å². The van der Waals surface area contributed by atoms with Gasteiger partial charge in [0.2, 0.25) is 0 Å². The van der Waals surface area contributed by atoms with E-state index in [1.165, 1.54) is 12.8 Å². The van der Waals surface area contributed by atoms with E-state index >= 15 is 0 Å². The standard InChI is InChI=1S/C37H62O12S/c1-3-5-7-9-11-12-13-14-15-16-17-18-20-22-24-26-33(39)48-30(27-46-32(38)25-23-21-19-10-8-6-4-2)28-47-37-36(42)35(41)34(40)31(49-37)29-50(43,44)45/h5,7,11-12,14-15,17-18,30-31,34-37,40-42H,3-4,6,8-10,13,16,19-29H2,1-2H3,(H,43,44,45)/b7-5+,12-11+,15-14+,18-17+/t30-,31-,34-,35?,36?,37+/m1/s1. The summed E-state index contributed by atoms with van der Waals surface area (Å²) in [5.74, 6) is -2.05. The second-order valence-electron chi connectivity index (χ2n) is 12.5. The van der Waals surface area contributed by atoms with Gasteiger partial charge in [-0.1, -0.05) is 101 Å².